The van der Waals surface area contributed by atoms with Gasteiger partial charge < -0.3 is 10.1 Å². The Morgan fingerprint density at radius 3 is 2.25 bits per heavy atom. The van der Waals surface area contributed by atoms with Crippen molar-refractivity contribution in [1.29, 1.82) is 0 Å². The molecule has 0 bridgehead atoms. The molecule has 1 atom stereocenters. The van der Waals surface area contributed by atoms with Gasteiger partial charge in [0, 0.05) is 12.3 Å². The minimum Gasteiger partial charge on any atom is -0.367 e. The summed E-state index contributed by atoms with van der Waals surface area (Å²) in [5.74, 6) is 2.07. The summed E-state index contributed by atoms with van der Waals surface area (Å²) in [6, 6.07) is 0. The van der Waals surface area contributed by atoms with Crippen molar-refractivity contribution in [3.8, 4) is 0 Å². The van der Waals surface area contributed by atoms with Crippen molar-refractivity contribution in [2.75, 3.05) is 13.3 Å². The van der Waals surface area contributed by atoms with Gasteiger partial charge in [-0.25, -0.2) is 0 Å². The average molecular weight is 284 g/mol. The summed E-state index contributed by atoms with van der Waals surface area (Å²) in [7, 11) is 0. The Morgan fingerprint density at radius 2 is 1.75 bits per heavy atom. The molecule has 0 rings (SSSR count). The molecular formula is C18H37NO. The molecule has 0 aromatic carbocycles. The summed E-state index contributed by atoms with van der Waals surface area (Å²) in [5, 5.41) is 3.29. The first-order chi connectivity index (χ1) is 9.15. The highest BCUT2D eigenvalue weighted by Crippen LogP contribution is 2.34. The molecule has 0 saturated heterocycles. The van der Waals surface area contributed by atoms with E-state index in [1.807, 2.05) is 0 Å². The molecule has 0 aliphatic heterocycles. The zero-order chi connectivity index (χ0) is 15.8. The summed E-state index contributed by atoms with van der Waals surface area (Å²) in [5.41, 5.74) is 1.49. The first kappa shape index (κ1) is 19.5. The molecule has 2 nitrogen and oxygen atoms in total. The first-order valence-electron chi connectivity index (χ1n) is 8.14. The highest BCUT2D eigenvalue weighted by molar-refractivity contribution is 4.92. The van der Waals surface area contributed by atoms with E-state index in [2.05, 4.69) is 60.4 Å². The normalized spacial score (nSPS) is 13.8. The SMILES string of the molecule is C=C(CC(C)CC(C)(C)C(C)C)NCOCCC(C)C. The van der Waals surface area contributed by atoms with Gasteiger partial charge in [0.1, 0.15) is 6.73 Å². The second-order valence-electron chi connectivity index (χ2n) is 7.67. The smallest absolute Gasteiger partial charge is 0.116 e. The van der Waals surface area contributed by atoms with E-state index in [0.717, 1.165) is 25.1 Å². The highest BCUT2D eigenvalue weighted by Gasteiger charge is 2.24. The lowest BCUT2D eigenvalue weighted by molar-refractivity contribution is 0.111. The highest BCUT2D eigenvalue weighted by atomic mass is 16.5. The Kier molecular flexibility index (Phi) is 9.20. The average Bonchev–Trinajstić information content (AvgIpc) is 2.26. The molecule has 120 valence electrons. The van der Waals surface area contributed by atoms with Crippen LogP contribution in [-0.4, -0.2) is 13.3 Å². The molecule has 2 heteroatoms. The summed E-state index contributed by atoms with van der Waals surface area (Å²) in [6.07, 6.45) is 3.39. The molecule has 0 amide bonds. The molecule has 1 unspecified atom stereocenters. The molecule has 0 aliphatic rings. The van der Waals surface area contributed by atoms with Gasteiger partial charge in [-0.05, 0) is 42.4 Å². The number of ether oxygens (including phenoxy) is 1. The van der Waals surface area contributed by atoms with Crippen LogP contribution in [0, 0.1) is 23.2 Å². The fourth-order valence-electron chi connectivity index (χ4n) is 2.24. The number of nitrogens with one attached hydrogen (secondary N) is 1. The lowest BCUT2D eigenvalue weighted by atomic mass is 9.74. The van der Waals surface area contributed by atoms with E-state index in [9.17, 15) is 0 Å². The van der Waals surface area contributed by atoms with Gasteiger partial charge in [-0.15, -0.1) is 0 Å². The molecule has 20 heavy (non-hydrogen) atoms. The van der Waals surface area contributed by atoms with E-state index in [1.165, 1.54) is 6.42 Å². The van der Waals surface area contributed by atoms with Gasteiger partial charge in [0.2, 0.25) is 0 Å². The molecule has 0 radical (unpaired) electrons. The van der Waals surface area contributed by atoms with Crippen LogP contribution in [0.4, 0.5) is 0 Å². The number of rotatable bonds is 11. The Morgan fingerprint density at radius 1 is 1.15 bits per heavy atom. The fourth-order valence-corrected chi connectivity index (χ4v) is 2.24. The summed E-state index contributed by atoms with van der Waals surface area (Å²) in [6.45, 7) is 21.6. The monoisotopic (exact) mass is 283 g/mol. The van der Waals surface area contributed by atoms with Crippen molar-refractivity contribution in [2.24, 2.45) is 23.2 Å². The molecule has 0 aromatic rings. The van der Waals surface area contributed by atoms with Crippen molar-refractivity contribution >= 4 is 0 Å². The van der Waals surface area contributed by atoms with E-state index in [1.54, 1.807) is 0 Å². The second-order valence-corrected chi connectivity index (χ2v) is 7.67. The Hall–Kier alpha value is -0.500. The maximum Gasteiger partial charge on any atom is 0.116 e. The van der Waals surface area contributed by atoms with Crippen LogP contribution in [0.25, 0.3) is 0 Å². The largest absolute Gasteiger partial charge is 0.367 e. The van der Waals surface area contributed by atoms with Crippen LogP contribution in [0.2, 0.25) is 0 Å². The maximum absolute atomic E-state index is 5.56. The third-order valence-electron chi connectivity index (χ3n) is 4.30. The lowest BCUT2D eigenvalue weighted by Gasteiger charge is -2.32. The summed E-state index contributed by atoms with van der Waals surface area (Å²) in [4.78, 5) is 0. The van der Waals surface area contributed by atoms with Gasteiger partial charge in [0.15, 0.2) is 0 Å². The van der Waals surface area contributed by atoms with Crippen LogP contribution in [0.15, 0.2) is 12.3 Å². The first-order valence-corrected chi connectivity index (χ1v) is 8.14. The fraction of sp³-hybridized carbons (Fsp3) is 0.889. The van der Waals surface area contributed by atoms with Crippen molar-refractivity contribution in [1.82, 2.24) is 5.32 Å². The molecular weight excluding hydrogens is 246 g/mol. The van der Waals surface area contributed by atoms with Crippen molar-refractivity contribution < 1.29 is 4.74 Å². The Bertz CT molecular complexity index is 269. The van der Waals surface area contributed by atoms with Crippen LogP contribution >= 0.6 is 0 Å². The molecule has 1 N–H and O–H groups in total. The molecule has 0 fully saturated rings. The Labute approximate surface area is 127 Å². The third kappa shape index (κ3) is 9.41. The third-order valence-corrected chi connectivity index (χ3v) is 4.30. The van der Waals surface area contributed by atoms with Crippen LogP contribution in [0.1, 0.15) is 67.7 Å². The maximum atomic E-state index is 5.56. The summed E-state index contributed by atoms with van der Waals surface area (Å²) < 4.78 is 5.56. The molecule has 0 spiro atoms. The van der Waals surface area contributed by atoms with Gasteiger partial charge >= 0.3 is 0 Å². The van der Waals surface area contributed by atoms with Gasteiger partial charge in [-0.3, -0.25) is 0 Å². The van der Waals surface area contributed by atoms with Crippen molar-refractivity contribution in [3.63, 3.8) is 0 Å². The standard InChI is InChI=1S/C18H37NO/c1-14(2)9-10-20-13-19-17(6)11-16(5)12-18(7,8)15(3)4/h14-16,19H,6,9-13H2,1-5,7-8H3. The van der Waals surface area contributed by atoms with Gasteiger partial charge in [0.05, 0.1) is 0 Å². The van der Waals surface area contributed by atoms with Crippen molar-refractivity contribution in [3.05, 3.63) is 12.3 Å². The quantitative estimate of drug-likeness (QED) is 0.415. The minimum absolute atomic E-state index is 0.396. The van der Waals surface area contributed by atoms with E-state index in [4.69, 9.17) is 4.74 Å². The van der Waals surface area contributed by atoms with Gasteiger partial charge in [-0.1, -0.05) is 55.0 Å². The Balaban J connectivity index is 3.80. The number of allylic oxidation sites excluding steroid dienone is 1. The van der Waals surface area contributed by atoms with Crippen LogP contribution < -0.4 is 5.32 Å². The van der Waals surface area contributed by atoms with Crippen LogP contribution in [-0.2, 0) is 4.74 Å². The zero-order valence-electron chi connectivity index (χ0n) is 14.9. The predicted octanol–water partition coefficient (Wildman–Crippen LogP) is 5.21. The molecule has 0 aromatic heterocycles. The van der Waals surface area contributed by atoms with Gasteiger partial charge in [-0.2, -0.15) is 0 Å². The van der Waals surface area contributed by atoms with Crippen molar-refractivity contribution in [2.45, 2.75) is 67.7 Å². The molecule has 0 heterocycles. The number of hydrogen-bond donors (Lipinski definition) is 1. The van der Waals surface area contributed by atoms with E-state index in [0.29, 0.717) is 29.9 Å². The zero-order valence-corrected chi connectivity index (χ0v) is 14.9. The van der Waals surface area contributed by atoms with E-state index < -0.39 is 0 Å². The lowest BCUT2D eigenvalue weighted by Crippen LogP contribution is -2.24. The second kappa shape index (κ2) is 9.44. The summed E-state index contributed by atoms with van der Waals surface area (Å²) >= 11 is 0. The van der Waals surface area contributed by atoms with E-state index >= 15 is 0 Å². The topological polar surface area (TPSA) is 21.3 Å². The van der Waals surface area contributed by atoms with Crippen LogP contribution in [0.5, 0.6) is 0 Å². The minimum atomic E-state index is 0.396. The van der Waals surface area contributed by atoms with Gasteiger partial charge in [0.25, 0.3) is 0 Å². The molecule has 0 aliphatic carbocycles. The number of hydrogen-bond acceptors (Lipinski definition) is 2. The van der Waals surface area contributed by atoms with Crippen LogP contribution in [0.3, 0.4) is 0 Å². The molecule has 0 saturated carbocycles. The predicted molar refractivity (Wildman–Crippen MR) is 89.6 cm³/mol. The van der Waals surface area contributed by atoms with E-state index in [-0.39, 0.29) is 0 Å².